The van der Waals surface area contributed by atoms with Gasteiger partial charge < -0.3 is 16.7 Å². The second kappa shape index (κ2) is 23.9. The van der Waals surface area contributed by atoms with E-state index in [1.807, 2.05) is 69.2 Å². The highest BCUT2D eigenvalue weighted by Gasteiger charge is 2.50. The molecular weight excluding hydrogens is 765 g/mol. The molecule has 0 aliphatic rings. The molecule has 0 aromatic heterocycles. The van der Waals surface area contributed by atoms with Gasteiger partial charge in [-0.15, -0.1) is 0 Å². The zero-order chi connectivity index (χ0) is 31.6. The van der Waals surface area contributed by atoms with E-state index in [1.165, 1.54) is 43.2 Å². The first-order chi connectivity index (χ1) is 19.0. The average Bonchev–Trinajstić information content (AvgIpc) is 2.87. The van der Waals surface area contributed by atoms with Crippen LogP contribution in [0.1, 0.15) is 69.2 Å². The molecule has 8 nitrogen and oxygen atoms in total. The Kier molecular flexibility index (Phi) is 25.5. The SMILES string of the molecule is CC(C)OSC(=O)SSCC(C)(C)C(SSC(=O)SOC(C)C)(SSC(=O)SOC(C)C)SSC(=O)SOC(C)C. The van der Waals surface area contributed by atoms with E-state index in [1.54, 1.807) is 0 Å². The third-order valence-electron chi connectivity index (χ3n) is 3.27. The lowest BCUT2D eigenvalue weighted by molar-refractivity contribution is 0.266. The summed E-state index contributed by atoms with van der Waals surface area (Å²) >= 11 is 3.06. The molecule has 41 heavy (non-hydrogen) atoms. The Labute approximate surface area is 293 Å². The minimum Gasteiger partial charge on any atom is -0.305 e. The van der Waals surface area contributed by atoms with E-state index in [-0.39, 0.29) is 42.2 Å². The van der Waals surface area contributed by atoms with Gasteiger partial charge in [0.05, 0.1) is 72.6 Å². The second-order valence-electron chi connectivity index (χ2n) is 9.20. The van der Waals surface area contributed by atoms with Crippen molar-refractivity contribution in [3.8, 4) is 0 Å². The fraction of sp³-hybridized carbons (Fsp3) is 0.810. The van der Waals surface area contributed by atoms with Crippen molar-refractivity contribution in [1.82, 2.24) is 0 Å². The van der Waals surface area contributed by atoms with Gasteiger partial charge in [-0.05, 0) is 98.6 Å². The van der Waals surface area contributed by atoms with Gasteiger partial charge in [0, 0.05) is 11.2 Å². The molecule has 0 aromatic rings. The van der Waals surface area contributed by atoms with Crippen molar-refractivity contribution in [2.75, 3.05) is 5.75 Å². The molecule has 0 rings (SSSR count). The van der Waals surface area contributed by atoms with Gasteiger partial charge in [-0.1, -0.05) is 57.0 Å². The van der Waals surface area contributed by atoms with Crippen molar-refractivity contribution in [1.29, 1.82) is 0 Å². The largest absolute Gasteiger partial charge is 0.305 e. The molecular formula is C21H36O8S12. The molecule has 0 saturated heterocycles. The summed E-state index contributed by atoms with van der Waals surface area (Å²) in [6, 6.07) is 0. The Morgan fingerprint density at radius 1 is 0.512 bits per heavy atom. The first kappa shape index (κ1) is 43.7. The van der Waals surface area contributed by atoms with Crippen molar-refractivity contribution in [3.05, 3.63) is 0 Å². The van der Waals surface area contributed by atoms with Crippen LogP contribution in [0.4, 0.5) is 19.2 Å². The molecule has 0 heterocycles. The first-order valence-corrected chi connectivity index (χ1v) is 23.6. The van der Waals surface area contributed by atoms with Crippen LogP contribution in [0.3, 0.4) is 0 Å². The normalized spacial score (nSPS) is 12.6. The van der Waals surface area contributed by atoms with Crippen LogP contribution in [0.2, 0.25) is 0 Å². The highest BCUT2D eigenvalue weighted by Crippen LogP contribution is 2.69. The summed E-state index contributed by atoms with van der Waals surface area (Å²) in [7, 11) is 9.11. The van der Waals surface area contributed by atoms with Crippen LogP contribution in [-0.2, 0) is 16.7 Å². The van der Waals surface area contributed by atoms with Gasteiger partial charge in [0.25, 0.3) is 17.8 Å². The van der Waals surface area contributed by atoms with Crippen LogP contribution in [-0.4, -0.2) is 51.4 Å². The first-order valence-electron chi connectivity index (χ1n) is 11.8. The van der Waals surface area contributed by atoms with Crippen LogP contribution in [0, 0.1) is 5.41 Å². The number of carbonyl (C=O) groups excluding carboxylic acids is 4. The number of carbonyl (C=O) groups is 4. The van der Waals surface area contributed by atoms with Crippen LogP contribution >= 0.6 is 135 Å². The lowest BCUT2D eigenvalue weighted by Crippen LogP contribution is -2.36. The Bertz CT molecular complexity index is 744. The molecule has 0 amide bonds. The molecule has 0 radical (unpaired) electrons. The smallest absolute Gasteiger partial charge is 0.283 e. The third-order valence-corrected chi connectivity index (χ3v) is 21.8. The molecule has 0 unspecified atom stereocenters. The predicted molar refractivity (Wildman–Crippen MR) is 199 cm³/mol. The van der Waals surface area contributed by atoms with Crippen molar-refractivity contribution < 1.29 is 35.9 Å². The molecule has 240 valence electrons. The number of rotatable bonds is 18. The molecule has 0 atom stereocenters. The molecule has 0 aliphatic heterocycles. The fourth-order valence-electron chi connectivity index (χ4n) is 1.56. The topological polar surface area (TPSA) is 105 Å². The highest BCUT2D eigenvalue weighted by molar-refractivity contribution is 9.01. The lowest BCUT2D eigenvalue weighted by atomic mass is 9.99. The van der Waals surface area contributed by atoms with E-state index in [9.17, 15) is 19.2 Å². The van der Waals surface area contributed by atoms with Crippen LogP contribution < -0.4 is 0 Å². The van der Waals surface area contributed by atoms with Crippen molar-refractivity contribution in [2.24, 2.45) is 5.41 Å². The Morgan fingerprint density at radius 3 is 1.05 bits per heavy atom. The summed E-state index contributed by atoms with van der Waals surface area (Å²) in [5.74, 6) is 0.456. The van der Waals surface area contributed by atoms with Gasteiger partial charge >= 0.3 is 0 Å². The van der Waals surface area contributed by atoms with Crippen molar-refractivity contribution >= 4 is 152 Å². The maximum Gasteiger partial charge on any atom is 0.283 e. The van der Waals surface area contributed by atoms with Gasteiger partial charge in [-0.25, -0.2) is 0 Å². The van der Waals surface area contributed by atoms with Gasteiger partial charge in [-0.3, -0.25) is 19.2 Å². The minimum absolute atomic E-state index is 0.0887. The van der Waals surface area contributed by atoms with Crippen LogP contribution in [0.25, 0.3) is 0 Å². The van der Waals surface area contributed by atoms with Gasteiger partial charge in [-0.2, -0.15) is 0 Å². The van der Waals surface area contributed by atoms with E-state index in [0.29, 0.717) is 5.75 Å². The Hall–Kier alpha value is 2.72. The van der Waals surface area contributed by atoms with Crippen molar-refractivity contribution in [3.63, 3.8) is 0 Å². The highest BCUT2D eigenvalue weighted by atomic mass is 33.2. The standard InChI is InChI=1S/C21H36O8S12/c1-12(2)26-31-16(22)35-30-11-20(9,10)21(39-36-17(23)32-27-13(3)4,40-37-18(24)33-28-14(5)6)41-38-19(25)34-29-15(7)8/h12-15H,11H2,1-10H3. The van der Waals surface area contributed by atoms with Crippen LogP contribution in [0.5, 0.6) is 0 Å². The zero-order valence-electron chi connectivity index (χ0n) is 24.2. The van der Waals surface area contributed by atoms with E-state index >= 15 is 0 Å². The van der Waals surface area contributed by atoms with Gasteiger partial charge in [0.1, 0.15) is 3.41 Å². The lowest BCUT2D eigenvalue weighted by Gasteiger charge is -2.42. The quantitative estimate of drug-likeness (QED) is 0.0745. The number of hydrogen-bond donors (Lipinski definition) is 0. The molecule has 0 spiro atoms. The predicted octanol–water partition coefficient (Wildman–Crippen LogP) is 13.0. The monoisotopic (exact) mass is 800 g/mol. The maximum atomic E-state index is 12.7. The van der Waals surface area contributed by atoms with E-state index in [2.05, 4.69) is 0 Å². The molecule has 0 fully saturated rings. The third kappa shape index (κ3) is 22.0. The number of hydrogen-bond acceptors (Lipinski definition) is 20. The van der Waals surface area contributed by atoms with Gasteiger partial charge in [0.15, 0.2) is 0 Å². The summed E-state index contributed by atoms with van der Waals surface area (Å²) < 4.78 is 19.6. The van der Waals surface area contributed by atoms with E-state index < -0.39 is 8.83 Å². The van der Waals surface area contributed by atoms with Crippen LogP contribution in [0.15, 0.2) is 0 Å². The average molecular weight is 801 g/mol. The second-order valence-corrected chi connectivity index (χ2v) is 23.1. The summed E-state index contributed by atoms with van der Waals surface area (Å²) in [5, 5.41) is 0. The van der Waals surface area contributed by atoms with Crippen molar-refractivity contribution in [2.45, 2.75) is 97.1 Å². The van der Waals surface area contributed by atoms with E-state index in [0.717, 1.165) is 91.3 Å². The fourth-order valence-corrected chi connectivity index (χ4v) is 18.4. The molecule has 20 heteroatoms. The molecule has 0 aliphatic carbocycles. The molecule has 0 bridgehead atoms. The van der Waals surface area contributed by atoms with Gasteiger partial charge in [0.2, 0.25) is 0 Å². The Morgan fingerprint density at radius 2 is 0.780 bits per heavy atom. The summed E-state index contributed by atoms with van der Waals surface area (Å²) in [6.45, 7) is 18.6. The Balaban J connectivity index is 5.95. The summed E-state index contributed by atoms with van der Waals surface area (Å²) in [4.78, 5) is 50.3. The molecule has 0 aromatic carbocycles. The molecule has 0 N–H and O–H groups in total. The van der Waals surface area contributed by atoms with E-state index in [4.69, 9.17) is 16.7 Å². The molecule has 0 saturated carbocycles. The zero-order valence-corrected chi connectivity index (χ0v) is 34.0. The summed E-state index contributed by atoms with van der Waals surface area (Å²) in [6.07, 6.45) is -0.505. The maximum absolute atomic E-state index is 12.7. The summed E-state index contributed by atoms with van der Waals surface area (Å²) in [5.41, 5.74) is -0.626. The minimum atomic E-state index is -0.929.